The van der Waals surface area contributed by atoms with Crippen LogP contribution in [0.25, 0.3) is 0 Å². The molecule has 0 aliphatic carbocycles. The Morgan fingerprint density at radius 2 is 2.10 bits per heavy atom. The molecule has 4 nitrogen and oxygen atoms in total. The Hall–Kier alpha value is -1.19. The highest BCUT2D eigenvalue weighted by Crippen LogP contribution is 1.90. The van der Waals surface area contributed by atoms with Crippen LogP contribution < -0.4 is 5.32 Å². The van der Waals surface area contributed by atoms with Crippen LogP contribution >= 0.6 is 0 Å². The van der Waals surface area contributed by atoms with Crippen LogP contribution in [0.15, 0.2) is 0 Å². The molecule has 0 heterocycles. The lowest BCUT2D eigenvalue weighted by Gasteiger charge is -1.92. The molecule has 0 unspecified atom stereocenters. The molecule has 0 saturated heterocycles. The zero-order chi connectivity index (χ0) is 7.82. The van der Waals surface area contributed by atoms with E-state index in [-0.39, 0.29) is 12.3 Å². The van der Waals surface area contributed by atoms with Crippen LogP contribution in [0, 0.1) is 0 Å². The normalized spacial score (nSPS) is 8.40. The summed E-state index contributed by atoms with van der Waals surface area (Å²) in [7, 11) is 0. The molecule has 10 heavy (non-hydrogen) atoms. The molecular weight excluding hydrogens is 134 g/mol. The van der Waals surface area contributed by atoms with Gasteiger partial charge in [-0.05, 0) is 6.42 Å². The van der Waals surface area contributed by atoms with E-state index >= 15 is 0 Å². The third-order valence-corrected chi connectivity index (χ3v) is 0.946. The highest BCUT2D eigenvalue weighted by molar-refractivity contribution is 5.85. The Balaban J connectivity index is 3.20. The van der Waals surface area contributed by atoms with Gasteiger partial charge in [0.05, 0.1) is 0 Å². The van der Waals surface area contributed by atoms with Crippen LogP contribution in [0.4, 0.5) is 0 Å². The second-order valence-corrected chi connectivity index (χ2v) is 1.74. The molecule has 0 aromatic carbocycles. The van der Waals surface area contributed by atoms with Gasteiger partial charge in [0.2, 0.25) is 12.3 Å². The fraction of sp³-hybridized carbons (Fsp3) is 0.500. The Morgan fingerprint density at radius 3 is 2.60 bits per heavy atom. The van der Waals surface area contributed by atoms with Gasteiger partial charge in [-0.25, -0.2) is 0 Å². The first-order valence-electron chi connectivity index (χ1n) is 2.98. The fourth-order valence-corrected chi connectivity index (χ4v) is 0.484. The number of aldehydes is 1. The average molecular weight is 143 g/mol. The Labute approximate surface area is 58.6 Å². The number of imide groups is 1. The summed E-state index contributed by atoms with van der Waals surface area (Å²) in [6.45, 7) is 0. The molecular formula is C6H9NO3. The maximum atomic E-state index is 10.5. The van der Waals surface area contributed by atoms with Crippen molar-refractivity contribution in [2.75, 3.05) is 0 Å². The SMILES string of the molecule is O=CCCCC(=O)NC=O. The molecule has 0 spiro atoms. The van der Waals surface area contributed by atoms with Crippen molar-refractivity contribution in [2.45, 2.75) is 19.3 Å². The van der Waals surface area contributed by atoms with Crippen molar-refractivity contribution in [1.29, 1.82) is 0 Å². The van der Waals surface area contributed by atoms with E-state index in [1.807, 2.05) is 5.32 Å². The van der Waals surface area contributed by atoms with E-state index in [2.05, 4.69) is 0 Å². The molecule has 0 aromatic heterocycles. The van der Waals surface area contributed by atoms with Crippen molar-refractivity contribution in [3.05, 3.63) is 0 Å². The van der Waals surface area contributed by atoms with E-state index in [1.165, 1.54) is 0 Å². The van der Waals surface area contributed by atoms with Gasteiger partial charge < -0.3 is 4.79 Å². The standard InChI is InChI=1S/C6H9NO3/c8-4-2-1-3-6(10)7-5-9/h4-5H,1-3H2,(H,7,9,10). The van der Waals surface area contributed by atoms with E-state index in [0.717, 1.165) is 6.29 Å². The van der Waals surface area contributed by atoms with Crippen molar-refractivity contribution < 1.29 is 14.4 Å². The van der Waals surface area contributed by atoms with Gasteiger partial charge in [-0.3, -0.25) is 14.9 Å². The van der Waals surface area contributed by atoms with Crippen molar-refractivity contribution in [3.8, 4) is 0 Å². The van der Waals surface area contributed by atoms with Crippen LogP contribution in [0.1, 0.15) is 19.3 Å². The summed E-state index contributed by atoms with van der Waals surface area (Å²) < 4.78 is 0. The number of nitrogens with one attached hydrogen (secondary N) is 1. The lowest BCUT2D eigenvalue weighted by Crippen LogP contribution is -2.20. The lowest BCUT2D eigenvalue weighted by atomic mass is 10.2. The summed E-state index contributed by atoms with van der Waals surface area (Å²) in [6, 6.07) is 0. The number of hydrogen-bond acceptors (Lipinski definition) is 3. The van der Waals surface area contributed by atoms with E-state index in [9.17, 15) is 14.4 Å². The van der Waals surface area contributed by atoms with Gasteiger partial charge in [0.15, 0.2) is 0 Å². The number of rotatable bonds is 5. The first-order chi connectivity index (χ1) is 4.81. The highest BCUT2D eigenvalue weighted by Gasteiger charge is 1.96. The summed E-state index contributed by atoms with van der Waals surface area (Å²) >= 11 is 0. The van der Waals surface area contributed by atoms with Crippen molar-refractivity contribution in [2.24, 2.45) is 0 Å². The molecule has 0 fully saturated rings. The number of carbonyl (C=O) groups is 3. The van der Waals surface area contributed by atoms with Gasteiger partial charge in [-0.1, -0.05) is 0 Å². The van der Waals surface area contributed by atoms with Gasteiger partial charge >= 0.3 is 0 Å². The molecule has 1 N–H and O–H groups in total. The first kappa shape index (κ1) is 8.81. The molecule has 0 radical (unpaired) electrons. The number of unbranched alkanes of at least 4 members (excludes halogenated alkanes) is 1. The van der Waals surface area contributed by atoms with Gasteiger partial charge in [0.1, 0.15) is 6.29 Å². The topological polar surface area (TPSA) is 63.2 Å². The van der Waals surface area contributed by atoms with Gasteiger partial charge in [0, 0.05) is 12.8 Å². The summed E-state index contributed by atoms with van der Waals surface area (Å²) in [5.74, 6) is -0.336. The third kappa shape index (κ3) is 4.96. The minimum absolute atomic E-state index is 0.234. The predicted octanol–water partition coefficient (Wildman–Crippen LogP) is -0.372. The summed E-state index contributed by atoms with van der Waals surface area (Å²) in [5, 5.41) is 1.97. The van der Waals surface area contributed by atoms with Crippen LogP contribution in [-0.4, -0.2) is 18.6 Å². The predicted molar refractivity (Wildman–Crippen MR) is 34.1 cm³/mol. The second kappa shape index (κ2) is 5.94. The highest BCUT2D eigenvalue weighted by atomic mass is 16.2. The van der Waals surface area contributed by atoms with Gasteiger partial charge in [-0.15, -0.1) is 0 Å². The molecule has 0 bridgehead atoms. The van der Waals surface area contributed by atoms with Crippen LogP contribution in [0.5, 0.6) is 0 Å². The average Bonchev–Trinajstić information content (AvgIpc) is 1.89. The molecule has 0 rings (SSSR count). The summed E-state index contributed by atoms with van der Waals surface area (Å²) in [4.78, 5) is 29.8. The molecule has 4 heteroatoms. The van der Waals surface area contributed by atoms with Crippen molar-refractivity contribution in [1.82, 2.24) is 5.32 Å². The Kier molecular flexibility index (Phi) is 5.23. The Morgan fingerprint density at radius 1 is 1.40 bits per heavy atom. The maximum absolute atomic E-state index is 10.5. The second-order valence-electron chi connectivity index (χ2n) is 1.74. The fourth-order valence-electron chi connectivity index (χ4n) is 0.484. The van der Waals surface area contributed by atoms with Crippen LogP contribution in [0.2, 0.25) is 0 Å². The molecule has 0 atom stereocenters. The Bertz CT molecular complexity index is 133. The minimum atomic E-state index is -0.336. The number of carbonyl (C=O) groups excluding carboxylic acids is 3. The minimum Gasteiger partial charge on any atom is -0.303 e. The van der Waals surface area contributed by atoms with E-state index in [1.54, 1.807) is 0 Å². The summed E-state index contributed by atoms with van der Waals surface area (Å²) in [5.41, 5.74) is 0. The summed E-state index contributed by atoms with van der Waals surface area (Å²) in [6.07, 6.45) is 2.18. The first-order valence-corrected chi connectivity index (χ1v) is 2.98. The molecule has 0 aromatic rings. The van der Waals surface area contributed by atoms with Crippen LogP contribution in [0.3, 0.4) is 0 Å². The van der Waals surface area contributed by atoms with Crippen LogP contribution in [-0.2, 0) is 14.4 Å². The van der Waals surface area contributed by atoms with E-state index in [0.29, 0.717) is 19.3 Å². The molecule has 56 valence electrons. The number of amides is 2. The molecule has 0 saturated carbocycles. The van der Waals surface area contributed by atoms with E-state index < -0.39 is 0 Å². The maximum Gasteiger partial charge on any atom is 0.226 e. The molecule has 2 amide bonds. The lowest BCUT2D eigenvalue weighted by molar-refractivity contribution is -0.125. The molecule has 0 aliphatic rings. The monoisotopic (exact) mass is 143 g/mol. The molecule has 0 aliphatic heterocycles. The van der Waals surface area contributed by atoms with Gasteiger partial charge in [0.25, 0.3) is 0 Å². The van der Waals surface area contributed by atoms with Crippen molar-refractivity contribution >= 4 is 18.6 Å². The quantitative estimate of drug-likeness (QED) is 0.421. The third-order valence-electron chi connectivity index (χ3n) is 0.946. The largest absolute Gasteiger partial charge is 0.303 e. The zero-order valence-electron chi connectivity index (χ0n) is 5.50. The van der Waals surface area contributed by atoms with Gasteiger partial charge in [-0.2, -0.15) is 0 Å². The smallest absolute Gasteiger partial charge is 0.226 e. The van der Waals surface area contributed by atoms with E-state index in [4.69, 9.17) is 0 Å². The zero-order valence-corrected chi connectivity index (χ0v) is 5.50. The number of hydrogen-bond donors (Lipinski definition) is 1. The van der Waals surface area contributed by atoms with Crippen molar-refractivity contribution in [3.63, 3.8) is 0 Å².